The fraction of sp³-hybridized carbons (Fsp3) is 0.200. The van der Waals surface area contributed by atoms with Crippen LogP contribution in [0.3, 0.4) is 0 Å². The van der Waals surface area contributed by atoms with E-state index in [1.54, 1.807) is 23.5 Å². The highest BCUT2D eigenvalue weighted by Crippen LogP contribution is 2.15. The van der Waals surface area contributed by atoms with Crippen LogP contribution in [0.5, 0.6) is 0 Å². The minimum absolute atomic E-state index is 0.0827. The molecule has 8 heteroatoms. The van der Waals surface area contributed by atoms with Gasteiger partial charge in [0.05, 0.1) is 19.4 Å². The molecule has 2 aromatic rings. The number of hydrogen-bond donors (Lipinski definition) is 1. The minimum atomic E-state index is -0.975. The van der Waals surface area contributed by atoms with Gasteiger partial charge in [-0.3, -0.25) is 19.5 Å². The molecule has 2 aromatic heterocycles. The normalized spacial score (nSPS) is 18.7. The van der Waals surface area contributed by atoms with Gasteiger partial charge in [0.2, 0.25) is 11.8 Å². The molecule has 23 heavy (non-hydrogen) atoms. The highest BCUT2D eigenvalue weighted by atomic mass is 32.1. The van der Waals surface area contributed by atoms with Crippen molar-refractivity contribution in [1.82, 2.24) is 10.2 Å². The summed E-state index contributed by atoms with van der Waals surface area (Å²) in [5.41, 5.74) is 0. The third kappa shape index (κ3) is 3.54. The molecule has 1 fully saturated rings. The average molecular weight is 347 g/mol. The second-order valence-corrected chi connectivity index (χ2v) is 6.26. The maximum atomic E-state index is 12.5. The number of nitrogens with zero attached hydrogens (tertiary/aromatic N) is 2. The molecule has 0 bridgehead atoms. The first-order chi connectivity index (χ1) is 11.1. The Morgan fingerprint density at radius 3 is 2.96 bits per heavy atom. The summed E-state index contributed by atoms with van der Waals surface area (Å²) >= 11 is 6.65. The zero-order valence-electron chi connectivity index (χ0n) is 12.0. The molecule has 1 aliphatic heterocycles. The van der Waals surface area contributed by atoms with E-state index < -0.39 is 17.7 Å². The van der Waals surface area contributed by atoms with Crippen LogP contribution in [0, 0.1) is 5.92 Å². The quantitative estimate of drug-likeness (QED) is 0.510. The van der Waals surface area contributed by atoms with Crippen LogP contribution >= 0.6 is 23.6 Å². The number of nitrogens with one attached hydrogen (secondary N) is 1. The maximum Gasteiger partial charge on any atom is 0.247 e. The molecule has 2 amide bonds. The van der Waals surface area contributed by atoms with Gasteiger partial charge >= 0.3 is 0 Å². The second kappa shape index (κ2) is 6.84. The van der Waals surface area contributed by atoms with Gasteiger partial charge in [0.25, 0.3) is 0 Å². The summed E-state index contributed by atoms with van der Waals surface area (Å²) in [6.45, 7) is 0.623. The topological polar surface area (TPSA) is 74.9 Å². The van der Waals surface area contributed by atoms with Gasteiger partial charge in [-0.15, -0.1) is 11.3 Å². The SMILES string of the molecule is O=C1NC(=S)N(Cc2ccco2)C(=O)[C@H]1C=NCc1cccs1. The number of rotatable bonds is 5. The van der Waals surface area contributed by atoms with Crippen molar-refractivity contribution >= 4 is 46.7 Å². The lowest BCUT2D eigenvalue weighted by Crippen LogP contribution is -2.57. The van der Waals surface area contributed by atoms with E-state index in [-0.39, 0.29) is 11.7 Å². The molecule has 118 valence electrons. The van der Waals surface area contributed by atoms with Crippen LogP contribution in [0.4, 0.5) is 0 Å². The third-order valence-electron chi connectivity index (χ3n) is 3.27. The van der Waals surface area contributed by atoms with Crippen molar-refractivity contribution in [3.8, 4) is 0 Å². The van der Waals surface area contributed by atoms with Crippen molar-refractivity contribution in [3.63, 3.8) is 0 Å². The molecule has 0 radical (unpaired) electrons. The number of hydrogen-bond acceptors (Lipinski definition) is 6. The molecule has 0 aromatic carbocycles. The fourth-order valence-electron chi connectivity index (χ4n) is 2.12. The van der Waals surface area contributed by atoms with Gasteiger partial charge < -0.3 is 9.73 Å². The van der Waals surface area contributed by atoms with Gasteiger partial charge in [-0.05, 0) is 35.8 Å². The Bertz CT molecular complexity index is 738. The van der Waals surface area contributed by atoms with Gasteiger partial charge in [0.1, 0.15) is 5.76 Å². The number of thiophene rings is 1. The fourth-order valence-corrected chi connectivity index (χ4v) is 3.01. The van der Waals surface area contributed by atoms with Gasteiger partial charge in [0, 0.05) is 11.1 Å². The van der Waals surface area contributed by atoms with Crippen molar-refractivity contribution in [2.45, 2.75) is 13.1 Å². The summed E-state index contributed by atoms with van der Waals surface area (Å²) in [7, 11) is 0. The Labute approximate surface area is 141 Å². The summed E-state index contributed by atoms with van der Waals surface area (Å²) in [6, 6.07) is 7.35. The number of amides is 2. The van der Waals surface area contributed by atoms with Crippen LogP contribution in [0.25, 0.3) is 0 Å². The van der Waals surface area contributed by atoms with Crippen LogP contribution < -0.4 is 5.32 Å². The number of furan rings is 1. The Balaban J connectivity index is 1.71. The van der Waals surface area contributed by atoms with E-state index in [9.17, 15) is 9.59 Å². The molecular weight excluding hydrogens is 334 g/mol. The van der Waals surface area contributed by atoms with Crippen LogP contribution in [0.15, 0.2) is 45.3 Å². The van der Waals surface area contributed by atoms with Crippen LogP contribution in [-0.2, 0) is 22.7 Å². The van der Waals surface area contributed by atoms with Crippen molar-refractivity contribution in [1.29, 1.82) is 0 Å². The molecule has 1 atom stereocenters. The maximum absolute atomic E-state index is 12.5. The number of carbonyl (C=O) groups excluding carboxylic acids is 2. The van der Waals surface area contributed by atoms with E-state index in [0.29, 0.717) is 12.3 Å². The zero-order chi connectivity index (χ0) is 16.2. The van der Waals surface area contributed by atoms with Gasteiger partial charge in [-0.25, -0.2) is 0 Å². The van der Waals surface area contributed by atoms with Crippen LogP contribution in [0.2, 0.25) is 0 Å². The smallest absolute Gasteiger partial charge is 0.247 e. The van der Waals surface area contributed by atoms with E-state index >= 15 is 0 Å². The molecule has 0 saturated carbocycles. The summed E-state index contributed by atoms with van der Waals surface area (Å²) in [5.74, 6) is -1.24. The van der Waals surface area contributed by atoms with E-state index in [0.717, 1.165) is 4.88 Å². The monoisotopic (exact) mass is 347 g/mol. The van der Waals surface area contributed by atoms with Gasteiger partial charge in [0.15, 0.2) is 11.0 Å². The first kappa shape index (κ1) is 15.6. The number of carbonyl (C=O) groups is 2. The lowest BCUT2D eigenvalue weighted by molar-refractivity contribution is -0.138. The van der Waals surface area contributed by atoms with Gasteiger partial charge in [-0.1, -0.05) is 6.07 Å². The summed E-state index contributed by atoms with van der Waals surface area (Å²) in [5, 5.41) is 4.57. The number of aliphatic imine (C=N–C) groups is 1. The molecule has 3 rings (SSSR count). The zero-order valence-corrected chi connectivity index (χ0v) is 13.6. The van der Waals surface area contributed by atoms with Crippen molar-refractivity contribution in [2.24, 2.45) is 10.9 Å². The van der Waals surface area contributed by atoms with E-state index in [4.69, 9.17) is 16.6 Å². The molecule has 0 spiro atoms. The van der Waals surface area contributed by atoms with Crippen LogP contribution in [0.1, 0.15) is 10.6 Å². The standard InChI is InChI=1S/C15H13N3O3S2/c19-13-12(8-16-7-11-4-2-6-23-11)14(20)18(15(22)17-13)9-10-3-1-5-21-10/h1-6,8,12H,7,9H2,(H,17,19,22)/t12-/m0/s1. The number of thiocarbonyl (C=S) groups is 1. The van der Waals surface area contributed by atoms with Crippen molar-refractivity contribution in [2.75, 3.05) is 0 Å². The lowest BCUT2D eigenvalue weighted by Gasteiger charge is -2.30. The molecule has 0 aliphatic carbocycles. The molecule has 3 heterocycles. The summed E-state index contributed by atoms with van der Waals surface area (Å²) < 4.78 is 5.23. The largest absolute Gasteiger partial charge is 0.467 e. The first-order valence-corrected chi connectivity index (χ1v) is 8.15. The van der Waals surface area contributed by atoms with Crippen molar-refractivity contribution in [3.05, 3.63) is 46.5 Å². The molecular formula is C15H13N3O3S2. The Kier molecular flexibility index (Phi) is 4.63. The first-order valence-electron chi connectivity index (χ1n) is 6.86. The molecule has 0 unspecified atom stereocenters. The average Bonchev–Trinajstić information content (AvgIpc) is 3.20. The molecule has 1 N–H and O–H groups in total. The third-order valence-corrected chi connectivity index (χ3v) is 4.45. The minimum Gasteiger partial charge on any atom is -0.467 e. The Hall–Kier alpha value is -2.32. The molecule has 6 nitrogen and oxygen atoms in total. The Morgan fingerprint density at radius 2 is 2.26 bits per heavy atom. The lowest BCUT2D eigenvalue weighted by atomic mass is 10.1. The predicted octanol–water partition coefficient (Wildman–Crippen LogP) is 1.97. The van der Waals surface area contributed by atoms with Gasteiger partial charge in [-0.2, -0.15) is 0 Å². The predicted molar refractivity (Wildman–Crippen MR) is 90.0 cm³/mol. The molecule has 1 aliphatic rings. The molecule has 1 saturated heterocycles. The Morgan fingerprint density at radius 1 is 1.39 bits per heavy atom. The van der Waals surface area contributed by atoms with E-state index in [1.807, 2.05) is 17.5 Å². The van der Waals surface area contributed by atoms with E-state index in [1.165, 1.54) is 17.4 Å². The van der Waals surface area contributed by atoms with Crippen molar-refractivity contribution < 1.29 is 14.0 Å². The highest BCUT2D eigenvalue weighted by Gasteiger charge is 2.37. The second-order valence-electron chi connectivity index (χ2n) is 4.84. The van der Waals surface area contributed by atoms with E-state index in [2.05, 4.69) is 10.3 Å². The summed E-state index contributed by atoms with van der Waals surface area (Å²) in [6.07, 6.45) is 2.90. The van der Waals surface area contributed by atoms with Crippen LogP contribution in [-0.4, -0.2) is 28.0 Å². The summed E-state index contributed by atoms with van der Waals surface area (Å²) in [4.78, 5) is 31.1. The highest BCUT2D eigenvalue weighted by molar-refractivity contribution is 7.80.